The van der Waals surface area contributed by atoms with Crippen molar-refractivity contribution >= 4 is 47.2 Å². The molecule has 1 heterocycles. The molecule has 0 radical (unpaired) electrons. The lowest BCUT2D eigenvalue weighted by atomic mass is 10.3. The lowest BCUT2D eigenvalue weighted by molar-refractivity contribution is 0.374. The van der Waals surface area contributed by atoms with Crippen LogP contribution in [0.1, 0.15) is 30.5 Å². The lowest BCUT2D eigenvalue weighted by Gasteiger charge is -2.08. The largest absolute Gasteiger partial charge is 0.495 e. The Morgan fingerprint density at radius 3 is 2.96 bits per heavy atom. The molecule has 0 atom stereocenters. The maximum atomic E-state index is 6.05. The van der Waals surface area contributed by atoms with Crippen LogP contribution in [-0.2, 0) is 6.54 Å². The molecule has 1 aromatic carbocycles. The van der Waals surface area contributed by atoms with E-state index in [4.69, 9.17) is 26.6 Å². The van der Waals surface area contributed by atoms with E-state index in [1.54, 1.807) is 25.3 Å². The van der Waals surface area contributed by atoms with E-state index >= 15 is 0 Å². The molecule has 124 valence electrons. The van der Waals surface area contributed by atoms with Gasteiger partial charge in [-0.05, 0) is 31.0 Å². The maximum absolute atomic E-state index is 6.05. The zero-order valence-corrected chi connectivity index (χ0v) is 15.5. The third-order valence-electron chi connectivity index (χ3n) is 3.23. The fraction of sp³-hybridized carbons (Fsp3) is 0.357. The number of methoxy groups -OCH3 is 1. The van der Waals surface area contributed by atoms with Crippen molar-refractivity contribution in [1.29, 1.82) is 0 Å². The highest BCUT2D eigenvalue weighted by Gasteiger charge is 2.29. The van der Waals surface area contributed by atoms with Crippen LogP contribution in [-0.4, -0.2) is 23.2 Å². The van der Waals surface area contributed by atoms with Crippen molar-refractivity contribution in [2.75, 3.05) is 12.4 Å². The summed E-state index contributed by atoms with van der Waals surface area (Å²) in [4.78, 5) is 8.46. The van der Waals surface area contributed by atoms with E-state index in [0.29, 0.717) is 28.4 Å². The summed E-state index contributed by atoms with van der Waals surface area (Å²) < 4.78 is 10.2. The smallest absolute Gasteiger partial charge is 0.229 e. The second kappa shape index (κ2) is 7.82. The van der Waals surface area contributed by atoms with Crippen molar-refractivity contribution < 1.29 is 9.26 Å². The predicted molar refractivity (Wildman–Crippen MR) is 98.6 cm³/mol. The third kappa shape index (κ3) is 4.71. The van der Waals surface area contributed by atoms with Crippen molar-refractivity contribution in [1.82, 2.24) is 10.1 Å². The number of guanidine groups is 1. The molecule has 2 aromatic rings. The number of hydrogen-bond donors (Lipinski definition) is 2. The van der Waals surface area contributed by atoms with Crippen LogP contribution in [0.15, 0.2) is 27.7 Å². The summed E-state index contributed by atoms with van der Waals surface area (Å²) in [6.07, 6.45) is 2.24. The number of halogens is 2. The molecule has 3 rings (SSSR count). The number of nitrogens with two attached hydrogens (primary N) is 1. The molecule has 0 spiro atoms. The van der Waals surface area contributed by atoms with Gasteiger partial charge in [-0.25, -0.2) is 4.99 Å². The lowest BCUT2D eigenvalue weighted by Crippen LogP contribution is -2.22. The molecule has 0 saturated heterocycles. The van der Waals surface area contributed by atoms with Crippen LogP contribution in [0, 0.1) is 0 Å². The van der Waals surface area contributed by atoms with Crippen LogP contribution < -0.4 is 15.8 Å². The number of anilines is 1. The van der Waals surface area contributed by atoms with Crippen molar-refractivity contribution in [3.05, 3.63) is 34.9 Å². The van der Waals surface area contributed by atoms with Gasteiger partial charge in [-0.2, -0.15) is 4.98 Å². The molecule has 0 aliphatic heterocycles. The van der Waals surface area contributed by atoms with Gasteiger partial charge >= 0.3 is 0 Å². The van der Waals surface area contributed by atoms with E-state index in [-0.39, 0.29) is 36.5 Å². The summed E-state index contributed by atoms with van der Waals surface area (Å²) in [5, 5.41) is 7.32. The second-order valence-corrected chi connectivity index (χ2v) is 5.41. The van der Waals surface area contributed by atoms with Gasteiger partial charge in [0, 0.05) is 11.6 Å². The van der Waals surface area contributed by atoms with E-state index < -0.39 is 0 Å². The van der Waals surface area contributed by atoms with Gasteiger partial charge in [-0.3, -0.25) is 0 Å². The first kappa shape index (κ1) is 17.8. The second-order valence-electron chi connectivity index (χ2n) is 5.00. The number of benzene rings is 1. The van der Waals surface area contributed by atoms with Gasteiger partial charge in [0.05, 0.1) is 12.1 Å². The average Bonchev–Trinajstić information content (AvgIpc) is 3.24. The third-order valence-corrected chi connectivity index (χ3v) is 3.52. The number of ether oxygens (including phenoxy) is 1. The molecule has 1 saturated carbocycles. The van der Waals surface area contributed by atoms with Crippen LogP contribution in [0.5, 0.6) is 5.75 Å². The molecule has 3 N–H and O–H groups in total. The summed E-state index contributed by atoms with van der Waals surface area (Å²) >= 11 is 6.05. The van der Waals surface area contributed by atoms with E-state index in [1.165, 1.54) is 0 Å². The van der Waals surface area contributed by atoms with Crippen LogP contribution in [0.3, 0.4) is 0 Å². The molecule has 1 aliphatic rings. The predicted octanol–water partition coefficient (Wildman–Crippen LogP) is 3.15. The molecule has 7 nitrogen and oxygen atoms in total. The van der Waals surface area contributed by atoms with Gasteiger partial charge in [0.25, 0.3) is 0 Å². The average molecular weight is 450 g/mol. The van der Waals surface area contributed by atoms with Gasteiger partial charge in [-0.1, -0.05) is 16.8 Å². The molecule has 0 unspecified atom stereocenters. The minimum absolute atomic E-state index is 0. The number of rotatable bonds is 5. The molecule has 0 bridgehead atoms. The summed E-state index contributed by atoms with van der Waals surface area (Å²) in [5.41, 5.74) is 6.55. The quantitative estimate of drug-likeness (QED) is 0.413. The van der Waals surface area contributed by atoms with E-state index in [9.17, 15) is 0 Å². The SMILES string of the molecule is COc1ccc(NC(N)=NCc2noc(C3CC3)n2)cc1Cl.I. The number of nitrogens with one attached hydrogen (secondary N) is 1. The minimum Gasteiger partial charge on any atom is -0.495 e. The molecule has 1 fully saturated rings. The first-order valence-corrected chi connectivity index (χ1v) is 7.26. The molecule has 0 amide bonds. The van der Waals surface area contributed by atoms with Gasteiger partial charge < -0.3 is 20.3 Å². The molecule has 9 heteroatoms. The monoisotopic (exact) mass is 449 g/mol. The molecular formula is C14H17ClIN5O2. The zero-order chi connectivity index (χ0) is 15.5. The number of nitrogens with zero attached hydrogens (tertiary/aromatic N) is 3. The summed E-state index contributed by atoms with van der Waals surface area (Å²) in [6, 6.07) is 5.26. The Morgan fingerprint density at radius 1 is 1.52 bits per heavy atom. The van der Waals surface area contributed by atoms with Crippen molar-refractivity contribution in [2.24, 2.45) is 10.7 Å². The van der Waals surface area contributed by atoms with Gasteiger partial charge in [-0.15, -0.1) is 24.0 Å². The van der Waals surface area contributed by atoms with Gasteiger partial charge in [0.1, 0.15) is 12.3 Å². The Kier molecular flexibility index (Phi) is 6.05. The van der Waals surface area contributed by atoms with Crippen LogP contribution in [0.25, 0.3) is 0 Å². The normalized spacial score (nSPS) is 14.3. The summed E-state index contributed by atoms with van der Waals surface area (Å²) in [7, 11) is 1.56. The van der Waals surface area contributed by atoms with E-state index in [2.05, 4.69) is 20.4 Å². The van der Waals surface area contributed by atoms with E-state index in [0.717, 1.165) is 18.5 Å². The fourth-order valence-corrected chi connectivity index (χ4v) is 2.17. The highest BCUT2D eigenvalue weighted by atomic mass is 127. The standard InChI is InChI=1S/C14H16ClN5O2.HI/c1-21-11-5-4-9(6-10(11)15)18-14(16)17-7-12-19-13(22-20-12)8-2-3-8;/h4-6,8H,2-3,7H2,1H3,(H3,16,17,18);1H. The number of aliphatic imine (C=N–C) groups is 1. The van der Waals surface area contributed by atoms with Crippen molar-refractivity contribution in [3.8, 4) is 5.75 Å². The molecule has 23 heavy (non-hydrogen) atoms. The fourth-order valence-electron chi connectivity index (χ4n) is 1.92. The number of hydrogen-bond acceptors (Lipinski definition) is 5. The Hall–Kier alpha value is -1.55. The summed E-state index contributed by atoms with van der Waals surface area (Å²) in [5.74, 6) is 2.50. The Balaban J connectivity index is 0.00000192. The highest BCUT2D eigenvalue weighted by molar-refractivity contribution is 14.0. The first-order valence-electron chi connectivity index (χ1n) is 6.88. The minimum atomic E-state index is 0. The molecule has 1 aromatic heterocycles. The van der Waals surface area contributed by atoms with Crippen LogP contribution in [0.2, 0.25) is 5.02 Å². The Morgan fingerprint density at radius 2 is 2.30 bits per heavy atom. The summed E-state index contributed by atoms with van der Waals surface area (Å²) in [6.45, 7) is 0.263. The Labute approximate surface area is 155 Å². The topological polar surface area (TPSA) is 98.6 Å². The Bertz CT molecular complexity index is 702. The van der Waals surface area contributed by atoms with Gasteiger partial charge in [0.2, 0.25) is 5.89 Å². The molecule has 1 aliphatic carbocycles. The van der Waals surface area contributed by atoms with Crippen LogP contribution in [0.4, 0.5) is 5.69 Å². The van der Waals surface area contributed by atoms with Gasteiger partial charge in [0.15, 0.2) is 11.8 Å². The number of aromatic nitrogens is 2. The first-order chi connectivity index (χ1) is 10.7. The van der Waals surface area contributed by atoms with Crippen LogP contribution >= 0.6 is 35.6 Å². The highest BCUT2D eigenvalue weighted by Crippen LogP contribution is 2.38. The zero-order valence-electron chi connectivity index (χ0n) is 12.5. The van der Waals surface area contributed by atoms with Crippen molar-refractivity contribution in [3.63, 3.8) is 0 Å². The maximum Gasteiger partial charge on any atom is 0.229 e. The van der Waals surface area contributed by atoms with E-state index in [1.807, 2.05) is 0 Å². The van der Waals surface area contributed by atoms with Crippen molar-refractivity contribution in [2.45, 2.75) is 25.3 Å². The molecular weight excluding hydrogens is 433 g/mol.